The number of aryl methyl sites for hydroxylation is 2. The fraction of sp³-hybridized carbons (Fsp3) is 0.231. The van der Waals surface area contributed by atoms with E-state index >= 15 is 0 Å². The van der Waals surface area contributed by atoms with E-state index in [4.69, 9.17) is 0 Å². The van der Waals surface area contributed by atoms with Crippen molar-refractivity contribution in [3.63, 3.8) is 0 Å². The maximum atomic E-state index is 11.7. The van der Waals surface area contributed by atoms with Gasteiger partial charge in [-0.25, -0.2) is 4.99 Å². The summed E-state index contributed by atoms with van der Waals surface area (Å²) < 4.78 is 0.826. The Morgan fingerprint density at radius 3 is 2.76 bits per heavy atom. The first-order valence-corrected chi connectivity index (χ1v) is 7.28. The number of thioether (sulfide) groups is 2. The first-order chi connectivity index (χ1) is 8.10. The van der Waals surface area contributed by atoms with Crippen LogP contribution in [-0.4, -0.2) is 15.7 Å². The lowest BCUT2D eigenvalue weighted by Gasteiger charge is -2.02. The number of nitrogens with zero attached hydrogens (tertiary/aromatic N) is 1. The lowest BCUT2D eigenvalue weighted by Crippen LogP contribution is -1.89. The number of rotatable bonds is 1. The van der Waals surface area contributed by atoms with Crippen molar-refractivity contribution in [2.24, 2.45) is 4.99 Å². The molecular formula is C13H13NOS2. The van der Waals surface area contributed by atoms with Gasteiger partial charge >= 0.3 is 0 Å². The van der Waals surface area contributed by atoms with Crippen LogP contribution in [0.4, 0.5) is 0 Å². The van der Waals surface area contributed by atoms with Gasteiger partial charge in [0.25, 0.3) is 0 Å². The van der Waals surface area contributed by atoms with E-state index in [2.05, 4.69) is 23.2 Å². The van der Waals surface area contributed by atoms with Crippen LogP contribution >= 0.6 is 23.5 Å². The van der Waals surface area contributed by atoms with Gasteiger partial charge in [0.15, 0.2) is 0 Å². The van der Waals surface area contributed by atoms with Gasteiger partial charge in [0, 0.05) is 0 Å². The number of hydrogen-bond acceptors (Lipinski definition) is 4. The van der Waals surface area contributed by atoms with Crippen molar-refractivity contribution < 1.29 is 4.79 Å². The number of benzene rings is 1. The minimum Gasteiger partial charge on any atom is -0.279 e. The second kappa shape index (κ2) is 5.10. The standard InChI is InChI=1S/C13H13NOS2/c1-8-4-5-9(2)10(6-8)7-11-12(15)17-13(14-11)16-3/h4-7H,1-3H3. The van der Waals surface area contributed by atoms with Gasteiger partial charge in [0.05, 0.1) is 0 Å². The van der Waals surface area contributed by atoms with Gasteiger partial charge in [0.2, 0.25) is 5.12 Å². The van der Waals surface area contributed by atoms with Crippen LogP contribution < -0.4 is 0 Å². The second-order valence-electron chi connectivity index (χ2n) is 3.86. The molecule has 1 aliphatic rings. The molecule has 0 saturated heterocycles. The SMILES string of the molecule is CSC1=NC(=Cc2cc(C)ccc2C)C(=O)S1. The average molecular weight is 263 g/mol. The molecule has 0 aromatic heterocycles. The topological polar surface area (TPSA) is 29.4 Å². The first-order valence-electron chi connectivity index (χ1n) is 5.24. The molecule has 0 radical (unpaired) electrons. The van der Waals surface area contributed by atoms with Crippen LogP contribution in [0.5, 0.6) is 0 Å². The summed E-state index contributed by atoms with van der Waals surface area (Å²) in [4.78, 5) is 16.0. The monoisotopic (exact) mass is 263 g/mol. The molecule has 0 fully saturated rings. The zero-order valence-corrected chi connectivity index (χ0v) is 11.6. The van der Waals surface area contributed by atoms with E-state index < -0.39 is 0 Å². The van der Waals surface area contributed by atoms with E-state index in [1.54, 1.807) is 0 Å². The molecule has 0 bridgehead atoms. The lowest BCUT2D eigenvalue weighted by molar-refractivity contribution is -0.107. The van der Waals surface area contributed by atoms with Crippen molar-refractivity contribution in [1.29, 1.82) is 0 Å². The molecule has 1 aliphatic heterocycles. The average Bonchev–Trinajstić information content (AvgIpc) is 2.65. The van der Waals surface area contributed by atoms with Crippen LogP contribution in [0.1, 0.15) is 16.7 Å². The predicted octanol–water partition coefficient (Wildman–Crippen LogP) is 3.64. The Balaban J connectivity index is 2.39. The number of hydrogen-bond donors (Lipinski definition) is 0. The molecule has 0 amide bonds. The number of carbonyl (C=O) groups is 1. The molecule has 0 aliphatic carbocycles. The molecule has 1 aromatic rings. The largest absolute Gasteiger partial charge is 0.279 e. The van der Waals surface area contributed by atoms with Crippen molar-refractivity contribution in [2.75, 3.05) is 6.26 Å². The Morgan fingerprint density at radius 2 is 2.12 bits per heavy atom. The summed E-state index contributed by atoms with van der Waals surface area (Å²) in [6, 6.07) is 6.21. The molecule has 1 heterocycles. The van der Waals surface area contributed by atoms with E-state index in [0.717, 1.165) is 15.5 Å². The van der Waals surface area contributed by atoms with Gasteiger partial charge in [-0.15, -0.1) is 11.8 Å². The predicted molar refractivity (Wildman–Crippen MR) is 77.4 cm³/mol. The number of carbonyl (C=O) groups excluding carboxylic acids is 1. The third-order valence-electron chi connectivity index (χ3n) is 2.50. The van der Waals surface area contributed by atoms with E-state index in [-0.39, 0.29) is 5.12 Å². The molecule has 0 spiro atoms. The molecule has 2 nitrogen and oxygen atoms in total. The van der Waals surface area contributed by atoms with Gasteiger partial charge in [0.1, 0.15) is 10.1 Å². The molecule has 0 N–H and O–H groups in total. The highest BCUT2D eigenvalue weighted by Gasteiger charge is 2.21. The quantitative estimate of drug-likeness (QED) is 0.724. The molecule has 0 saturated carbocycles. The van der Waals surface area contributed by atoms with Gasteiger partial charge in [-0.05, 0) is 49.1 Å². The number of aliphatic imine (C=N–C) groups is 1. The highest BCUT2D eigenvalue weighted by atomic mass is 32.2. The van der Waals surface area contributed by atoms with Gasteiger partial charge in [-0.3, -0.25) is 4.79 Å². The van der Waals surface area contributed by atoms with Crippen LogP contribution in [0.15, 0.2) is 28.9 Å². The molecule has 0 atom stereocenters. The normalized spacial score (nSPS) is 17.7. The summed E-state index contributed by atoms with van der Waals surface area (Å²) >= 11 is 2.72. The fourth-order valence-electron chi connectivity index (χ4n) is 1.54. The van der Waals surface area contributed by atoms with Crippen LogP contribution in [0.25, 0.3) is 6.08 Å². The van der Waals surface area contributed by atoms with Crippen molar-refractivity contribution >= 4 is 39.1 Å². The van der Waals surface area contributed by atoms with Gasteiger partial charge < -0.3 is 0 Å². The van der Waals surface area contributed by atoms with Crippen molar-refractivity contribution in [3.05, 3.63) is 40.6 Å². The molecule has 17 heavy (non-hydrogen) atoms. The molecule has 88 valence electrons. The molecular weight excluding hydrogens is 250 g/mol. The Morgan fingerprint density at radius 1 is 1.35 bits per heavy atom. The maximum absolute atomic E-state index is 11.7. The summed E-state index contributed by atoms with van der Waals surface area (Å²) in [6.07, 6.45) is 3.81. The minimum atomic E-state index is 0.0373. The third-order valence-corrected chi connectivity index (χ3v) is 4.35. The summed E-state index contributed by atoms with van der Waals surface area (Å²) in [5.41, 5.74) is 3.97. The van der Waals surface area contributed by atoms with Crippen molar-refractivity contribution in [2.45, 2.75) is 13.8 Å². The van der Waals surface area contributed by atoms with Crippen LogP contribution in [0.2, 0.25) is 0 Å². The van der Waals surface area contributed by atoms with Crippen LogP contribution in [0.3, 0.4) is 0 Å². The zero-order valence-electron chi connectivity index (χ0n) is 9.98. The Bertz CT molecular complexity index is 532. The summed E-state index contributed by atoms with van der Waals surface area (Å²) in [7, 11) is 0. The van der Waals surface area contributed by atoms with Crippen LogP contribution in [0, 0.1) is 13.8 Å². The Kier molecular flexibility index (Phi) is 3.74. The highest BCUT2D eigenvalue weighted by Crippen LogP contribution is 2.30. The van der Waals surface area contributed by atoms with Crippen molar-refractivity contribution in [1.82, 2.24) is 0 Å². The van der Waals surface area contributed by atoms with Crippen LogP contribution in [-0.2, 0) is 4.79 Å². The smallest absolute Gasteiger partial charge is 0.244 e. The van der Waals surface area contributed by atoms with E-state index in [0.29, 0.717) is 5.70 Å². The molecule has 4 heteroatoms. The molecule has 2 rings (SSSR count). The van der Waals surface area contributed by atoms with E-state index in [1.165, 1.54) is 29.1 Å². The third kappa shape index (κ3) is 2.82. The second-order valence-corrected chi connectivity index (χ2v) is 5.88. The lowest BCUT2D eigenvalue weighted by atomic mass is 10.0. The Labute approximate surface area is 110 Å². The fourth-order valence-corrected chi connectivity index (χ4v) is 2.80. The molecule has 1 aromatic carbocycles. The molecule has 0 unspecified atom stereocenters. The van der Waals surface area contributed by atoms with E-state index in [9.17, 15) is 4.79 Å². The summed E-state index contributed by atoms with van der Waals surface area (Å²) in [6.45, 7) is 4.08. The summed E-state index contributed by atoms with van der Waals surface area (Å²) in [5, 5.41) is 0.0373. The van der Waals surface area contributed by atoms with Gasteiger partial charge in [-0.2, -0.15) is 0 Å². The zero-order chi connectivity index (χ0) is 12.4. The van der Waals surface area contributed by atoms with Gasteiger partial charge in [-0.1, -0.05) is 23.8 Å². The highest BCUT2D eigenvalue weighted by molar-refractivity contribution is 8.45. The first kappa shape index (κ1) is 12.5. The van der Waals surface area contributed by atoms with Crippen molar-refractivity contribution in [3.8, 4) is 0 Å². The maximum Gasteiger partial charge on any atom is 0.244 e. The minimum absolute atomic E-state index is 0.0373. The Hall–Kier alpha value is -1.000. The summed E-state index contributed by atoms with van der Waals surface area (Å²) in [5.74, 6) is 0. The van der Waals surface area contributed by atoms with E-state index in [1.807, 2.05) is 26.2 Å².